The molecule has 3 fully saturated rings. The number of ether oxygens (including phenoxy) is 2. The Bertz CT molecular complexity index is 1340. The third-order valence-corrected chi connectivity index (χ3v) is 9.89. The summed E-state index contributed by atoms with van der Waals surface area (Å²) in [6.07, 6.45) is 5.41. The van der Waals surface area contributed by atoms with Crippen molar-refractivity contribution in [2.45, 2.75) is 55.5 Å². The van der Waals surface area contributed by atoms with Crippen molar-refractivity contribution >= 4 is 21.8 Å². The van der Waals surface area contributed by atoms with E-state index in [1.165, 1.54) is 29.9 Å². The van der Waals surface area contributed by atoms with E-state index in [2.05, 4.69) is 9.62 Å². The predicted molar refractivity (Wildman–Crippen MR) is 155 cm³/mol. The summed E-state index contributed by atoms with van der Waals surface area (Å²) in [6.45, 7) is 4.23. The Kier molecular flexibility index (Phi) is 9.16. The molecule has 3 heterocycles. The van der Waals surface area contributed by atoms with Gasteiger partial charge in [-0.15, -0.1) is 0 Å². The molecule has 0 saturated carbocycles. The van der Waals surface area contributed by atoms with Crippen LogP contribution in [-0.4, -0.2) is 101 Å². The zero-order valence-corrected chi connectivity index (χ0v) is 24.7. The maximum Gasteiger partial charge on any atom is 0.242 e. The maximum absolute atomic E-state index is 13.3. The van der Waals surface area contributed by atoms with Crippen molar-refractivity contribution in [1.82, 2.24) is 19.4 Å². The third kappa shape index (κ3) is 6.68. The van der Waals surface area contributed by atoms with Crippen molar-refractivity contribution in [3.05, 3.63) is 42.5 Å². The van der Waals surface area contributed by atoms with Crippen molar-refractivity contribution in [2.75, 3.05) is 53.5 Å². The van der Waals surface area contributed by atoms with Crippen LogP contribution in [0.5, 0.6) is 11.5 Å². The summed E-state index contributed by atoms with van der Waals surface area (Å²) in [5.41, 5.74) is 1.66. The van der Waals surface area contributed by atoms with Gasteiger partial charge in [0.05, 0.1) is 25.7 Å². The molecule has 2 aromatic rings. The molecule has 222 valence electrons. The first-order chi connectivity index (χ1) is 19.8. The highest BCUT2D eigenvalue weighted by molar-refractivity contribution is 7.89. The average Bonchev–Trinajstić information content (AvgIpc) is 3.67. The number of hydrogen-bond acceptors (Lipinski definition) is 7. The number of carbonyl (C=O) groups excluding carboxylic acids is 2. The van der Waals surface area contributed by atoms with Crippen LogP contribution in [0.15, 0.2) is 47.4 Å². The van der Waals surface area contributed by atoms with Gasteiger partial charge in [0, 0.05) is 25.7 Å². The molecule has 2 amide bonds. The SMILES string of the molecule is COc1ccc(-c2ccc(S(=O)(=O)N[C@H]3CCCN(CC(=O)N4CCC[C@H]4CN4CCCC4)C3=O)cc2)cc1OC. The van der Waals surface area contributed by atoms with E-state index in [1.54, 1.807) is 32.4 Å². The topological polar surface area (TPSA) is 108 Å². The van der Waals surface area contributed by atoms with Gasteiger partial charge in [-0.25, -0.2) is 8.42 Å². The molecule has 41 heavy (non-hydrogen) atoms. The zero-order valence-electron chi connectivity index (χ0n) is 23.9. The second-order valence-corrected chi connectivity index (χ2v) is 12.8. The number of carbonyl (C=O) groups is 2. The van der Waals surface area contributed by atoms with E-state index < -0.39 is 16.1 Å². The minimum Gasteiger partial charge on any atom is -0.493 e. The highest BCUT2D eigenvalue weighted by atomic mass is 32.2. The summed E-state index contributed by atoms with van der Waals surface area (Å²) in [4.78, 5) is 32.5. The van der Waals surface area contributed by atoms with Gasteiger partial charge in [0.1, 0.15) is 6.04 Å². The fourth-order valence-electron chi connectivity index (χ4n) is 6.18. The molecular formula is C30H40N4O6S. The van der Waals surface area contributed by atoms with Crippen molar-refractivity contribution in [1.29, 1.82) is 0 Å². The van der Waals surface area contributed by atoms with Crippen molar-refractivity contribution in [3.8, 4) is 22.6 Å². The monoisotopic (exact) mass is 584 g/mol. The van der Waals surface area contributed by atoms with Crippen LogP contribution in [0.2, 0.25) is 0 Å². The van der Waals surface area contributed by atoms with E-state index in [4.69, 9.17) is 9.47 Å². The summed E-state index contributed by atoms with van der Waals surface area (Å²) < 4.78 is 39.7. The lowest BCUT2D eigenvalue weighted by molar-refractivity contribution is -0.143. The fraction of sp³-hybridized carbons (Fsp3) is 0.533. The van der Waals surface area contributed by atoms with Gasteiger partial charge in [0.15, 0.2) is 11.5 Å². The summed E-state index contributed by atoms with van der Waals surface area (Å²) >= 11 is 0. The highest BCUT2D eigenvalue weighted by Gasteiger charge is 2.36. The van der Waals surface area contributed by atoms with E-state index >= 15 is 0 Å². The van der Waals surface area contributed by atoms with Crippen LogP contribution in [0.25, 0.3) is 11.1 Å². The largest absolute Gasteiger partial charge is 0.493 e. The lowest BCUT2D eigenvalue weighted by atomic mass is 10.1. The lowest BCUT2D eigenvalue weighted by Gasteiger charge is -2.34. The average molecular weight is 585 g/mol. The zero-order chi connectivity index (χ0) is 29.0. The first-order valence-corrected chi connectivity index (χ1v) is 15.9. The minimum atomic E-state index is -3.95. The summed E-state index contributed by atoms with van der Waals surface area (Å²) in [7, 11) is -0.820. The third-order valence-electron chi connectivity index (χ3n) is 8.40. The number of sulfonamides is 1. The molecule has 10 nitrogen and oxygen atoms in total. The molecule has 0 radical (unpaired) electrons. The Balaban J connectivity index is 1.21. The predicted octanol–water partition coefficient (Wildman–Crippen LogP) is 2.73. The summed E-state index contributed by atoms with van der Waals surface area (Å²) in [5, 5.41) is 0. The number of benzene rings is 2. The summed E-state index contributed by atoms with van der Waals surface area (Å²) in [5.74, 6) is 0.795. The molecule has 3 saturated heterocycles. The van der Waals surface area contributed by atoms with E-state index in [0.717, 1.165) is 43.6 Å². The molecule has 0 unspecified atom stereocenters. The van der Waals surface area contributed by atoms with E-state index in [-0.39, 0.29) is 29.3 Å². The van der Waals surface area contributed by atoms with E-state index in [9.17, 15) is 18.0 Å². The van der Waals surface area contributed by atoms with Gasteiger partial charge in [0.2, 0.25) is 21.8 Å². The number of methoxy groups -OCH3 is 2. The fourth-order valence-corrected chi connectivity index (χ4v) is 7.40. The minimum absolute atomic E-state index is 0.00637. The van der Waals surface area contributed by atoms with Crippen LogP contribution in [0.1, 0.15) is 38.5 Å². The van der Waals surface area contributed by atoms with Crippen LogP contribution in [-0.2, 0) is 19.6 Å². The van der Waals surface area contributed by atoms with Gasteiger partial charge in [-0.2, -0.15) is 4.72 Å². The van der Waals surface area contributed by atoms with Gasteiger partial charge >= 0.3 is 0 Å². The molecule has 5 rings (SSSR count). The molecule has 1 N–H and O–H groups in total. The van der Waals surface area contributed by atoms with Crippen LogP contribution in [0.4, 0.5) is 0 Å². The maximum atomic E-state index is 13.3. The van der Waals surface area contributed by atoms with Crippen molar-refractivity contribution in [3.63, 3.8) is 0 Å². The molecule has 0 aromatic heterocycles. The Morgan fingerprint density at radius 1 is 0.878 bits per heavy atom. The second kappa shape index (κ2) is 12.8. The molecule has 2 aromatic carbocycles. The smallest absolute Gasteiger partial charge is 0.242 e. The van der Waals surface area contributed by atoms with Gasteiger partial charge in [0.25, 0.3) is 0 Å². The number of nitrogens with one attached hydrogen (secondary N) is 1. The second-order valence-electron chi connectivity index (χ2n) is 11.1. The molecule has 3 aliphatic rings. The molecule has 0 spiro atoms. The molecular weight excluding hydrogens is 544 g/mol. The standard InChI is InChI=1S/C30H40N4O6S/c1-39-27-14-11-23(19-28(27)40-2)22-9-12-25(13-10-22)41(37,38)31-26-8-6-17-33(30(26)36)21-29(35)34-18-5-7-24(34)20-32-15-3-4-16-32/h9-14,19,24,26,31H,3-8,15-18,20-21H2,1-2H3/t24-,26-/m0/s1. The number of likely N-dealkylation sites (tertiary alicyclic amines) is 3. The van der Waals surface area contributed by atoms with E-state index in [0.29, 0.717) is 37.4 Å². The molecule has 3 aliphatic heterocycles. The Morgan fingerprint density at radius 2 is 1.56 bits per heavy atom. The van der Waals surface area contributed by atoms with Crippen molar-refractivity contribution < 1.29 is 27.5 Å². The van der Waals surface area contributed by atoms with Gasteiger partial charge in [-0.05, 0) is 87.0 Å². The summed E-state index contributed by atoms with van der Waals surface area (Å²) in [6, 6.07) is 11.3. The lowest BCUT2D eigenvalue weighted by Crippen LogP contribution is -2.55. The Morgan fingerprint density at radius 3 is 2.27 bits per heavy atom. The van der Waals surface area contributed by atoms with Gasteiger partial charge in [-0.1, -0.05) is 18.2 Å². The normalized spacial score (nSPS) is 21.9. The first kappa shape index (κ1) is 29.3. The highest BCUT2D eigenvalue weighted by Crippen LogP contribution is 2.32. The molecule has 0 aliphatic carbocycles. The van der Waals surface area contributed by atoms with Crippen LogP contribution < -0.4 is 14.2 Å². The van der Waals surface area contributed by atoms with Crippen LogP contribution in [0.3, 0.4) is 0 Å². The van der Waals surface area contributed by atoms with E-state index in [1.807, 2.05) is 17.0 Å². The Labute approximate surface area is 242 Å². The van der Waals surface area contributed by atoms with Crippen LogP contribution in [0, 0.1) is 0 Å². The quantitative estimate of drug-likeness (QED) is 0.458. The number of rotatable bonds is 10. The number of piperidine rings is 1. The molecule has 2 atom stereocenters. The van der Waals surface area contributed by atoms with Crippen LogP contribution >= 0.6 is 0 Å². The number of amides is 2. The molecule has 11 heteroatoms. The number of nitrogens with zero attached hydrogens (tertiary/aromatic N) is 3. The Hall–Kier alpha value is -3.15. The van der Waals surface area contributed by atoms with Gasteiger partial charge in [-0.3, -0.25) is 9.59 Å². The first-order valence-electron chi connectivity index (χ1n) is 14.4. The van der Waals surface area contributed by atoms with Crippen molar-refractivity contribution in [2.24, 2.45) is 0 Å². The van der Waals surface area contributed by atoms with Gasteiger partial charge < -0.3 is 24.2 Å². The number of hydrogen-bond donors (Lipinski definition) is 1. The molecule has 0 bridgehead atoms.